The first-order valence-corrected chi connectivity index (χ1v) is 11.1. The van der Waals surface area contributed by atoms with Crippen molar-refractivity contribution in [2.24, 2.45) is 23.7 Å². The maximum absolute atomic E-state index is 12.9. The molecule has 160 valence electrons. The topological polar surface area (TPSA) is 64.6 Å². The van der Waals surface area contributed by atoms with Crippen molar-refractivity contribution >= 4 is 17.6 Å². The van der Waals surface area contributed by atoms with Gasteiger partial charge in [-0.05, 0) is 66.3 Å². The van der Waals surface area contributed by atoms with E-state index in [1.165, 1.54) is 0 Å². The maximum Gasteiger partial charge on any atom is 0.310 e. The highest BCUT2D eigenvalue weighted by Crippen LogP contribution is 2.57. The Kier molecular flexibility index (Phi) is 4.49. The molecule has 3 aromatic rings. The van der Waals surface area contributed by atoms with E-state index in [0.29, 0.717) is 11.4 Å². The van der Waals surface area contributed by atoms with E-state index in [1.54, 1.807) is 0 Å². The Hall–Kier alpha value is -3.60. The van der Waals surface area contributed by atoms with E-state index in [2.05, 4.69) is 17.4 Å². The molecule has 0 spiro atoms. The summed E-state index contributed by atoms with van der Waals surface area (Å²) in [7, 11) is 0. The van der Waals surface area contributed by atoms with Crippen LogP contribution in [0.1, 0.15) is 12.8 Å². The number of fused-ring (bicyclic) bond motifs is 1. The van der Waals surface area contributed by atoms with Gasteiger partial charge in [0.25, 0.3) is 0 Å². The van der Waals surface area contributed by atoms with Crippen LogP contribution in [-0.4, -0.2) is 18.0 Å². The van der Waals surface area contributed by atoms with Gasteiger partial charge in [0, 0.05) is 11.6 Å². The average molecular weight is 425 g/mol. The standard InChI is InChI=1S/C27H23NO4/c29-26(24-18-14-22-23(15-18)32-27(30)25(22)24)28-19-8-12-21(13-9-19)31-20-10-6-17(7-11-20)16-4-2-1-3-5-16/h1-13,18,22-25H,14-15H2,(H,28,29)/t18-,22+,23-,24-,25-/m1/s1. The lowest BCUT2D eigenvalue weighted by atomic mass is 9.79. The largest absolute Gasteiger partial charge is 0.462 e. The number of carbonyl (C=O) groups is 2. The van der Waals surface area contributed by atoms with Crippen molar-refractivity contribution in [3.63, 3.8) is 0 Å². The molecule has 3 aliphatic rings. The van der Waals surface area contributed by atoms with Crippen LogP contribution in [0.4, 0.5) is 5.69 Å². The first kappa shape index (κ1) is 19.1. The quantitative estimate of drug-likeness (QED) is 0.565. The van der Waals surface area contributed by atoms with Gasteiger partial charge in [0.1, 0.15) is 17.6 Å². The zero-order valence-electron chi connectivity index (χ0n) is 17.4. The van der Waals surface area contributed by atoms with Gasteiger partial charge in [-0.1, -0.05) is 42.5 Å². The maximum atomic E-state index is 12.9. The third-order valence-corrected chi connectivity index (χ3v) is 7.10. The summed E-state index contributed by atoms with van der Waals surface area (Å²) < 4.78 is 11.4. The van der Waals surface area contributed by atoms with E-state index < -0.39 is 0 Å². The number of anilines is 1. The second-order valence-corrected chi connectivity index (χ2v) is 8.93. The molecule has 1 heterocycles. The normalized spacial score (nSPS) is 27.2. The Morgan fingerprint density at radius 2 is 1.50 bits per heavy atom. The summed E-state index contributed by atoms with van der Waals surface area (Å²) in [5.41, 5.74) is 3.00. The Balaban J connectivity index is 1.10. The third kappa shape index (κ3) is 3.25. The lowest BCUT2D eigenvalue weighted by molar-refractivity contribution is -0.145. The van der Waals surface area contributed by atoms with Crippen LogP contribution in [0.25, 0.3) is 11.1 Å². The molecular formula is C27H23NO4. The van der Waals surface area contributed by atoms with E-state index in [0.717, 1.165) is 29.7 Å². The summed E-state index contributed by atoms with van der Waals surface area (Å²) in [4.78, 5) is 25.1. The lowest BCUT2D eigenvalue weighted by Crippen LogP contribution is -2.35. The van der Waals surface area contributed by atoms with Gasteiger partial charge in [-0.3, -0.25) is 9.59 Å². The minimum Gasteiger partial charge on any atom is -0.462 e. The number of ether oxygens (including phenoxy) is 2. The zero-order chi connectivity index (χ0) is 21.7. The fourth-order valence-electron chi connectivity index (χ4n) is 5.68. The number of nitrogens with one attached hydrogen (secondary N) is 1. The molecule has 2 saturated carbocycles. The third-order valence-electron chi connectivity index (χ3n) is 7.10. The molecule has 5 atom stereocenters. The van der Waals surface area contributed by atoms with Crippen LogP contribution in [0.5, 0.6) is 11.5 Å². The highest BCUT2D eigenvalue weighted by atomic mass is 16.6. The van der Waals surface area contributed by atoms with E-state index >= 15 is 0 Å². The zero-order valence-corrected chi connectivity index (χ0v) is 17.4. The Morgan fingerprint density at radius 1 is 0.844 bits per heavy atom. The number of benzene rings is 3. The highest BCUT2D eigenvalue weighted by molar-refractivity contribution is 5.97. The van der Waals surface area contributed by atoms with Crippen LogP contribution < -0.4 is 10.1 Å². The van der Waals surface area contributed by atoms with Crippen molar-refractivity contribution < 1.29 is 19.1 Å². The second-order valence-electron chi connectivity index (χ2n) is 8.93. The van der Waals surface area contributed by atoms with Gasteiger partial charge in [-0.25, -0.2) is 0 Å². The molecule has 32 heavy (non-hydrogen) atoms. The van der Waals surface area contributed by atoms with Crippen molar-refractivity contribution in [3.05, 3.63) is 78.9 Å². The molecule has 1 saturated heterocycles. The SMILES string of the molecule is O=C(Nc1ccc(Oc2ccc(-c3ccccc3)cc2)cc1)[C@@H]1[C@@H]2C[C@@H]3[C@H]1C(=O)O[C@@H]3C2. The van der Waals surface area contributed by atoms with Crippen LogP contribution in [0, 0.1) is 23.7 Å². The van der Waals surface area contributed by atoms with Crippen molar-refractivity contribution in [1.29, 1.82) is 0 Å². The molecule has 1 aliphatic heterocycles. The number of esters is 1. The summed E-state index contributed by atoms with van der Waals surface area (Å²) in [5, 5.41) is 2.99. The molecule has 6 rings (SSSR count). The second kappa shape index (κ2) is 7.52. The summed E-state index contributed by atoms with van der Waals surface area (Å²) in [6, 6.07) is 25.5. The number of rotatable bonds is 5. The smallest absolute Gasteiger partial charge is 0.310 e. The van der Waals surface area contributed by atoms with Crippen molar-refractivity contribution in [3.8, 4) is 22.6 Å². The highest BCUT2D eigenvalue weighted by Gasteiger charge is 2.63. The fraction of sp³-hybridized carbons (Fsp3) is 0.259. The molecule has 0 radical (unpaired) electrons. The summed E-state index contributed by atoms with van der Waals surface area (Å²) in [5.74, 6) is 1.11. The van der Waals surface area contributed by atoms with Gasteiger partial charge in [-0.2, -0.15) is 0 Å². The monoisotopic (exact) mass is 425 g/mol. The van der Waals surface area contributed by atoms with Crippen LogP contribution in [0.2, 0.25) is 0 Å². The Morgan fingerprint density at radius 3 is 2.22 bits per heavy atom. The average Bonchev–Trinajstić information content (AvgIpc) is 3.45. The number of hydrogen-bond acceptors (Lipinski definition) is 4. The molecule has 1 N–H and O–H groups in total. The predicted octanol–water partition coefficient (Wildman–Crippen LogP) is 5.28. The minimum absolute atomic E-state index is 0.0414. The first-order chi connectivity index (χ1) is 15.7. The first-order valence-electron chi connectivity index (χ1n) is 11.1. The molecule has 0 aromatic heterocycles. The van der Waals surface area contributed by atoms with Crippen molar-refractivity contribution in [2.45, 2.75) is 18.9 Å². The summed E-state index contributed by atoms with van der Waals surface area (Å²) >= 11 is 0. The molecule has 5 nitrogen and oxygen atoms in total. The fourth-order valence-corrected chi connectivity index (χ4v) is 5.68. The number of hydrogen-bond donors (Lipinski definition) is 1. The van der Waals surface area contributed by atoms with Crippen LogP contribution >= 0.6 is 0 Å². The summed E-state index contributed by atoms with van der Waals surface area (Å²) in [6.07, 6.45) is 1.79. The van der Waals surface area contributed by atoms with E-state index in [4.69, 9.17) is 9.47 Å². The molecule has 3 fully saturated rings. The Bertz CT molecular complexity index is 1150. The van der Waals surface area contributed by atoms with Gasteiger partial charge < -0.3 is 14.8 Å². The van der Waals surface area contributed by atoms with Crippen LogP contribution in [0.15, 0.2) is 78.9 Å². The molecule has 5 heteroatoms. The predicted molar refractivity (Wildman–Crippen MR) is 120 cm³/mol. The van der Waals surface area contributed by atoms with Crippen LogP contribution in [-0.2, 0) is 14.3 Å². The van der Waals surface area contributed by atoms with Crippen LogP contribution in [0.3, 0.4) is 0 Å². The van der Waals surface area contributed by atoms with Gasteiger partial charge in [0.15, 0.2) is 0 Å². The lowest BCUT2D eigenvalue weighted by Gasteiger charge is -2.23. The van der Waals surface area contributed by atoms with Crippen molar-refractivity contribution in [1.82, 2.24) is 0 Å². The van der Waals surface area contributed by atoms with Gasteiger partial charge in [0.2, 0.25) is 5.91 Å². The molecule has 3 aromatic carbocycles. The van der Waals surface area contributed by atoms with E-state index in [-0.39, 0.29) is 41.7 Å². The molecular weight excluding hydrogens is 402 g/mol. The number of carbonyl (C=O) groups excluding carboxylic acids is 2. The van der Waals surface area contributed by atoms with Gasteiger partial charge in [-0.15, -0.1) is 0 Å². The Labute approximate surface area is 186 Å². The van der Waals surface area contributed by atoms with E-state index in [9.17, 15) is 9.59 Å². The minimum atomic E-state index is -0.273. The molecule has 2 aliphatic carbocycles. The van der Waals surface area contributed by atoms with Gasteiger partial charge in [0.05, 0.1) is 11.8 Å². The molecule has 1 amide bonds. The van der Waals surface area contributed by atoms with Gasteiger partial charge >= 0.3 is 5.97 Å². The number of amides is 1. The van der Waals surface area contributed by atoms with E-state index in [1.807, 2.05) is 66.7 Å². The van der Waals surface area contributed by atoms with Crippen molar-refractivity contribution in [2.75, 3.05) is 5.32 Å². The molecule has 0 unspecified atom stereocenters. The summed E-state index contributed by atoms with van der Waals surface area (Å²) in [6.45, 7) is 0. The molecule has 2 bridgehead atoms.